The summed E-state index contributed by atoms with van der Waals surface area (Å²) in [5.41, 5.74) is -1.98. The molecule has 8 heteroatoms. The van der Waals surface area contributed by atoms with Gasteiger partial charge in [0, 0.05) is 0 Å². The molecule has 0 saturated carbocycles. The van der Waals surface area contributed by atoms with Gasteiger partial charge in [-0.1, -0.05) is 46.0 Å². The Labute approximate surface area is 143 Å². The highest BCUT2D eigenvalue weighted by Gasteiger charge is 2.52. The molecule has 134 valence electrons. The fourth-order valence-corrected chi connectivity index (χ4v) is 4.32. The van der Waals surface area contributed by atoms with Gasteiger partial charge < -0.3 is 4.81 Å². The van der Waals surface area contributed by atoms with E-state index in [4.69, 9.17) is 0 Å². The highest BCUT2D eigenvalue weighted by Crippen LogP contribution is 2.44. The highest BCUT2D eigenvalue weighted by molar-refractivity contribution is 6.67. The van der Waals surface area contributed by atoms with Gasteiger partial charge in [-0.25, -0.2) is 17.6 Å². The fourth-order valence-electron chi connectivity index (χ4n) is 4.32. The minimum atomic E-state index is -2.07. The quantitative estimate of drug-likeness (QED) is 0.262. The first kappa shape index (κ1) is 18.0. The Kier molecular flexibility index (Phi) is 4.64. The van der Waals surface area contributed by atoms with E-state index in [1.165, 1.54) is 0 Å². The van der Waals surface area contributed by atoms with Crippen LogP contribution in [0, 0.1) is 23.3 Å². The minimum Gasteiger partial charge on any atom is -0.320 e. The van der Waals surface area contributed by atoms with Crippen LogP contribution in [0.1, 0.15) is 66.7 Å². The second-order valence-electron chi connectivity index (χ2n) is 6.74. The molecular weight excluding hydrogens is 337 g/mol. The maximum Gasteiger partial charge on any atom is 0.275 e. The van der Waals surface area contributed by atoms with Gasteiger partial charge in [-0.05, 0) is 11.6 Å². The van der Waals surface area contributed by atoms with Crippen LogP contribution in [-0.2, 0) is 0 Å². The molecule has 1 aromatic carbocycles. The van der Waals surface area contributed by atoms with Gasteiger partial charge in [0.2, 0.25) is 0 Å². The van der Waals surface area contributed by atoms with Crippen LogP contribution in [0.3, 0.4) is 0 Å². The Hall–Kier alpha value is -1.86. The monoisotopic (exact) mass is 355 g/mol. The van der Waals surface area contributed by atoms with Crippen molar-refractivity contribution in [2.45, 2.75) is 57.6 Å². The van der Waals surface area contributed by atoms with Gasteiger partial charge in [0.25, 0.3) is 18.7 Å². The molecule has 1 saturated heterocycles. The molecule has 2 aliphatic heterocycles. The van der Waals surface area contributed by atoms with Crippen LogP contribution < -0.4 is 0 Å². The van der Waals surface area contributed by atoms with Crippen molar-refractivity contribution >= 4 is 18.7 Å². The van der Waals surface area contributed by atoms with E-state index >= 15 is 0 Å². The summed E-state index contributed by atoms with van der Waals surface area (Å²) < 4.78 is 55.2. The first-order valence-electron chi connectivity index (χ1n) is 8.58. The molecule has 25 heavy (non-hydrogen) atoms. The number of carbonyl (C=O) groups is 2. The predicted octanol–water partition coefficient (Wildman–Crippen LogP) is 4.57. The largest absolute Gasteiger partial charge is 0.320 e. The topological polar surface area (TPSA) is 37.4 Å². The van der Waals surface area contributed by atoms with Crippen LogP contribution in [0.5, 0.6) is 0 Å². The molecule has 3 rings (SSSR count). The maximum atomic E-state index is 14.1. The zero-order valence-electron chi connectivity index (χ0n) is 14.0. The van der Waals surface area contributed by atoms with E-state index in [1.54, 1.807) is 0 Å². The van der Waals surface area contributed by atoms with E-state index in [-0.39, 0.29) is 11.6 Å². The zero-order valence-corrected chi connectivity index (χ0v) is 14.0. The summed E-state index contributed by atoms with van der Waals surface area (Å²) in [7, 11) is 0. The van der Waals surface area contributed by atoms with Crippen molar-refractivity contribution in [2.24, 2.45) is 0 Å². The Bertz CT molecular complexity index is 696. The second kappa shape index (κ2) is 6.46. The molecule has 1 aromatic rings. The number of nitrogens with zero attached hydrogens (tertiary/aromatic N) is 1. The van der Waals surface area contributed by atoms with E-state index in [0.29, 0.717) is 12.8 Å². The molecule has 2 amide bonds. The molecular formula is C17H18BF4NO2. The first-order chi connectivity index (χ1) is 11.8. The number of fused-ring (bicyclic) bond motifs is 1. The number of halogens is 4. The van der Waals surface area contributed by atoms with Gasteiger partial charge in [-0.3, -0.25) is 9.59 Å². The average molecular weight is 355 g/mol. The van der Waals surface area contributed by atoms with E-state index < -0.39 is 53.1 Å². The van der Waals surface area contributed by atoms with Crippen LogP contribution in [0.4, 0.5) is 17.6 Å². The Morgan fingerprint density at radius 3 is 1.60 bits per heavy atom. The number of carbonyl (C=O) groups excluding carboxylic acids is 2. The van der Waals surface area contributed by atoms with Crippen molar-refractivity contribution < 1.29 is 27.2 Å². The van der Waals surface area contributed by atoms with E-state index in [0.717, 1.165) is 24.1 Å². The van der Waals surface area contributed by atoms with E-state index in [9.17, 15) is 27.2 Å². The van der Waals surface area contributed by atoms with E-state index in [1.807, 2.05) is 13.8 Å². The van der Waals surface area contributed by atoms with Crippen LogP contribution in [0.15, 0.2) is 0 Å². The van der Waals surface area contributed by atoms with Gasteiger partial charge in [0.05, 0.1) is 11.1 Å². The fraction of sp³-hybridized carbons (Fsp3) is 0.529. The molecule has 1 fully saturated rings. The number of hydrogen-bond acceptors (Lipinski definition) is 2. The second-order valence-corrected chi connectivity index (χ2v) is 6.74. The van der Waals surface area contributed by atoms with Gasteiger partial charge in [0.1, 0.15) is 0 Å². The SMILES string of the molecule is CCC1CCCC(CC)B1N1C(=O)c2c(F)c(F)c(F)c(F)c2C1=O. The molecule has 2 atom stereocenters. The summed E-state index contributed by atoms with van der Waals surface area (Å²) in [6.45, 7) is 3.34. The van der Waals surface area contributed by atoms with Crippen molar-refractivity contribution in [3.05, 3.63) is 34.4 Å². The molecule has 2 heterocycles. The summed E-state index contributed by atoms with van der Waals surface area (Å²) in [5.74, 6) is -9.87. The van der Waals surface area contributed by atoms with Crippen molar-refractivity contribution in [1.82, 2.24) is 4.81 Å². The lowest BCUT2D eigenvalue weighted by atomic mass is 9.36. The Morgan fingerprint density at radius 1 is 0.840 bits per heavy atom. The first-order valence-corrected chi connectivity index (χ1v) is 8.58. The molecule has 0 aromatic heterocycles. The molecule has 0 bridgehead atoms. The summed E-state index contributed by atoms with van der Waals surface area (Å²) in [6.07, 6.45) is 3.92. The lowest BCUT2D eigenvalue weighted by Gasteiger charge is -2.39. The lowest BCUT2D eigenvalue weighted by molar-refractivity contribution is 0.0746. The summed E-state index contributed by atoms with van der Waals surface area (Å²) >= 11 is 0. The van der Waals surface area contributed by atoms with Gasteiger partial charge in [-0.2, -0.15) is 0 Å². The van der Waals surface area contributed by atoms with Gasteiger partial charge in [0.15, 0.2) is 23.3 Å². The molecule has 0 spiro atoms. The van der Waals surface area contributed by atoms with Gasteiger partial charge in [-0.15, -0.1) is 0 Å². The third kappa shape index (κ3) is 2.48. The molecule has 0 N–H and O–H groups in total. The Morgan fingerprint density at radius 2 is 1.24 bits per heavy atom. The number of hydrogen-bond donors (Lipinski definition) is 0. The molecule has 2 unspecified atom stereocenters. The number of amides is 2. The molecule has 2 aliphatic rings. The average Bonchev–Trinajstić information content (AvgIpc) is 2.87. The zero-order chi connectivity index (χ0) is 18.5. The third-order valence-corrected chi connectivity index (χ3v) is 5.60. The normalized spacial score (nSPS) is 23.4. The number of benzene rings is 1. The number of rotatable bonds is 3. The van der Waals surface area contributed by atoms with Crippen molar-refractivity contribution in [1.29, 1.82) is 0 Å². The van der Waals surface area contributed by atoms with Crippen LogP contribution in [0.25, 0.3) is 0 Å². The summed E-state index contributed by atoms with van der Waals surface area (Å²) in [6, 6.07) is 0. The lowest BCUT2D eigenvalue weighted by Crippen LogP contribution is -2.50. The standard InChI is InChI=1S/C17H18BF4NO2/c1-3-8-6-5-7-9(4-2)18(8)23-16(24)10-11(17(23)25)13(20)15(22)14(21)12(10)19/h8-9H,3-7H2,1-2H3. The summed E-state index contributed by atoms with van der Waals surface area (Å²) in [5, 5.41) is 0. The maximum absolute atomic E-state index is 14.1. The smallest absolute Gasteiger partial charge is 0.275 e. The molecule has 0 radical (unpaired) electrons. The van der Waals surface area contributed by atoms with Crippen LogP contribution in [-0.4, -0.2) is 23.5 Å². The van der Waals surface area contributed by atoms with E-state index in [2.05, 4.69) is 0 Å². The van der Waals surface area contributed by atoms with Crippen molar-refractivity contribution in [3.8, 4) is 0 Å². The van der Waals surface area contributed by atoms with Gasteiger partial charge >= 0.3 is 0 Å². The number of imide groups is 1. The van der Waals surface area contributed by atoms with Crippen molar-refractivity contribution in [2.75, 3.05) is 0 Å². The molecule has 3 nitrogen and oxygen atoms in total. The minimum absolute atomic E-state index is 0.00160. The van der Waals surface area contributed by atoms with Crippen LogP contribution in [0.2, 0.25) is 11.6 Å². The molecule has 0 aliphatic carbocycles. The van der Waals surface area contributed by atoms with Crippen molar-refractivity contribution in [3.63, 3.8) is 0 Å². The Balaban J connectivity index is 2.14. The predicted molar refractivity (Wildman–Crippen MR) is 84.5 cm³/mol. The van der Waals surface area contributed by atoms with Crippen LogP contribution >= 0.6 is 0 Å². The third-order valence-electron chi connectivity index (χ3n) is 5.60. The summed E-state index contributed by atoms with van der Waals surface area (Å²) in [4.78, 5) is 26.2. The highest BCUT2D eigenvalue weighted by atomic mass is 19.2.